The lowest BCUT2D eigenvalue weighted by Gasteiger charge is -2.26. The van der Waals surface area contributed by atoms with Gasteiger partial charge in [-0.1, -0.05) is 0 Å². The number of furan rings is 1. The molecular weight excluding hydrogens is 306 g/mol. The molecule has 1 aliphatic rings. The average molecular weight is 333 g/mol. The van der Waals surface area contributed by atoms with Gasteiger partial charge in [-0.15, -0.1) is 0 Å². The van der Waals surface area contributed by atoms with Crippen molar-refractivity contribution in [2.45, 2.75) is 39.5 Å². The number of hydrogen-bond acceptors (Lipinski definition) is 5. The number of aromatic nitrogens is 2. The maximum absolute atomic E-state index is 10.5. The third-order valence-electron chi connectivity index (χ3n) is 4.46. The van der Waals surface area contributed by atoms with Crippen molar-refractivity contribution in [2.24, 2.45) is 5.92 Å². The van der Waals surface area contributed by atoms with E-state index in [2.05, 4.69) is 10.00 Å². The van der Waals surface area contributed by atoms with Crippen molar-refractivity contribution in [1.82, 2.24) is 14.7 Å². The van der Waals surface area contributed by atoms with E-state index in [9.17, 15) is 5.11 Å². The quantitative estimate of drug-likeness (QED) is 0.800. The molecule has 1 aliphatic heterocycles. The van der Waals surface area contributed by atoms with Crippen molar-refractivity contribution < 1.29 is 14.3 Å². The van der Waals surface area contributed by atoms with Crippen LogP contribution in [0.5, 0.6) is 0 Å². The van der Waals surface area contributed by atoms with Crippen molar-refractivity contribution in [3.05, 3.63) is 41.6 Å². The first-order valence-electron chi connectivity index (χ1n) is 8.61. The maximum Gasteiger partial charge on any atom is 0.117 e. The fourth-order valence-electron chi connectivity index (χ4n) is 3.33. The summed E-state index contributed by atoms with van der Waals surface area (Å²) in [7, 11) is 0. The molecule has 2 unspecified atom stereocenters. The Labute approximate surface area is 143 Å². The second-order valence-corrected chi connectivity index (χ2v) is 6.77. The van der Waals surface area contributed by atoms with Crippen LogP contribution in [0.3, 0.4) is 0 Å². The molecule has 0 spiro atoms. The van der Waals surface area contributed by atoms with Crippen LogP contribution in [0.1, 0.15) is 23.6 Å². The number of hydrogen-bond donors (Lipinski definition) is 1. The Balaban J connectivity index is 1.59. The van der Waals surface area contributed by atoms with E-state index in [1.165, 1.54) is 0 Å². The fourth-order valence-corrected chi connectivity index (χ4v) is 3.33. The molecule has 0 aliphatic carbocycles. The normalized spacial score (nSPS) is 19.2. The van der Waals surface area contributed by atoms with Crippen LogP contribution < -0.4 is 0 Å². The van der Waals surface area contributed by atoms with Gasteiger partial charge < -0.3 is 14.3 Å². The highest BCUT2D eigenvalue weighted by Crippen LogP contribution is 2.16. The molecule has 3 rings (SSSR count). The summed E-state index contributed by atoms with van der Waals surface area (Å²) in [4.78, 5) is 2.26. The summed E-state index contributed by atoms with van der Waals surface area (Å²) in [5.74, 6) is 1.45. The number of nitrogens with zero attached hydrogens (tertiary/aromatic N) is 3. The first-order chi connectivity index (χ1) is 11.6. The lowest BCUT2D eigenvalue weighted by molar-refractivity contribution is 0.0764. The highest BCUT2D eigenvalue weighted by Gasteiger charge is 2.22. The number of aryl methyl sites for hydroxylation is 2. The maximum atomic E-state index is 10.5. The van der Waals surface area contributed by atoms with Crippen molar-refractivity contribution in [2.75, 3.05) is 26.3 Å². The molecule has 132 valence electrons. The number of aliphatic hydroxyl groups excluding tert-OH is 1. The summed E-state index contributed by atoms with van der Waals surface area (Å²) < 4.78 is 12.8. The van der Waals surface area contributed by atoms with E-state index in [-0.39, 0.29) is 0 Å². The molecule has 1 N–H and O–H groups in total. The summed E-state index contributed by atoms with van der Waals surface area (Å²) in [5.41, 5.74) is 2.06. The topological polar surface area (TPSA) is 63.7 Å². The minimum atomic E-state index is -0.472. The highest BCUT2D eigenvalue weighted by molar-refractivity contribution is 5.06. The largest absolute Gasteiger partial charge is 0.468 e. The van der Waals surface area contributed by atoms with Gasteiger partial charge in [0, 0.05) is 25.4 Å². The van der Waals surface area contributed by atoms with E-state index < -0.39 is 6.10 Å². The Bertz CT molecular complexity index is 617. The molecule has 3 heterocycles. The highest BCUT2D eigenvalue weighted by atomic mass is 16.5. The summed E-state index contributed by atoms with van der Waals surface area (Å²) in [6.07, 6.45) is 2.31. The zero-order chi connectivity index (χ0) is 16.9. The third-order valence-corrected chi connectivity index (χ3v) is 4.46. The molecule has 24 heavy (non-hydrogen) atoms. The third kappa shape index (κ3) is 4.69. The van der Waals surface area contributed by atoms with Gasteiger partial charge in [0.15, 0.2) is 0 Å². The molecular formula is C18H27N3O3. The van der Waals surface area contributed by atoms with Gasteiger partial charge in [0.2, 0.25) is 0 Å². The second kappa shape index (κ2) is 7.96. The Morgan fingerprint density at radius 2 is 2.33 bits per heavy atom. The molecule has 0 bridgehead atoms. The van der Waals surface area contributed by atoms with E-state index in [0.717, 1.165) is 43.3 Å². The van der Waals surface area contributed by atoms with E-state index >= 15 is 0 Å². The van der Waals surface area contributed by atoms with E-state index in [1.54, 1.807) is 6.26 Å². The Morgan fingerprint density at radius 3 is 2.96 bits per heavy atom. The minimum absolute atomic E-state index is 0.472. The van der Waals surface area contributed by atoms with E-state index in [0.29, 0.717) is 25.6 Å². The van der Waals surface area contributed by atoms with Gasteiger partial charge in [0.05, 0.1) is 37.8 Å². The van der Waals surface area contributed by atoms with Crippen molar-refractivity contribution in [3.63, 3.8) is 0 Å². The van der Waals surface area contributed by atoms with E-state index in [1.807, 2.05) is 36.7 Å². The monoisotopic (exact) mass is 333 g/mol. The molecule has 2 aromatic heterocycles. The molecule has 2 aromatic rings. The van der Waals surface area contributed by atoms with Crippen LogP contribution in [0.25, 0.3) is 0 Å². The Kier molecular flexibility index (Phi) is 5.71. The average Bonchev–Trinajstić information content (AvgIpc) is 3.24. The van der Waals surface area contributed by atoms with Gasteiger partial charge in [-0.25, -0.2) is 0 Å². The van der Waals surface area contributed by atoms with E-state index in [4.69, 9.17) is 9.15 Å². The van der Waals surface area contributed by atoms with Gasteiger partial charge in [-0.2, -0.15) is 5.10 Å². The Hall–Kier alpha value is -1.63. The summed E-state index contributed by atoms with van der Waals surface area (Å²) in [6.45, 7) is 8.36. The van der Waals surface area contributed by atoms with Gasteiger partial charge >= 0.3 is 0 Å². The van der Waals surface area contributed by atoms with Gasteiger partial charge in [-0.05, 0) is 44.4 Å². The SMILES string of the molecule is Cc1cc(C)n(CC(O)CN(Cc2ccco2)CC2CCOC2)n1. The predicted molar refractivity (Wildman–Crippen MR) is 90.6 cm³/mol. The number of ether oxygens (including phenoxy) is 1. The summed E-state index contributed by atoms with van der Waals surface area (Å²) >= 11 is 0. The molecule has 0 aromatic carbocycles. The first kappa shape index (κ1) is 17.2. The molecule has 2 atom stereocenters. The summed E-state index contributed by atoms with van der Waals surface area (Å²) in [6, 6.07) is 5.91. The molecule has 1 saturated heterocycles. The molecule has 0 amide bonds. The standard InChI is InChI=1S/C18H27N3O3/c1-14-8-15(2)21(19-14)11-17(22)10-20(9-16-5-7-23-13-16)12-18-4-3-6-24-18/h3-4,6,8,16-17,22H,5,7,9-13H2,1-2H3. The van der Waals surface area contributed by atoms with Gasteiger partial charge in [0.1, 0.15) is 5.76 Å². The van der Waals surface area contributed by atoms with Crippen LogP contribution in [0.2, 0.25) is 0 Å². The van der Waals surface area contributed by atoms with Gasteiger partial charge in [0.25, 0.3) is 0 Å². The predicted octanol–water partition coefficient (Wildman–Crippen LogP) is 1.99. The lowest BCUT2D eigenvalue weighted by Crippen LogP contribution is -2.37. The summed E-state index contributed by atoms with van der Waals surface area (Å²) in [5, 5.41) is 15.0. The lowest BCUT2D eigenvalue weighted by atomic mass is 10.1. The zero-order valence-electron chi connectivity index (χ0n) is 14.5. The fraction of sp³-hybridized carbons (Fsp3) is 0.611. The number of aliphatic hydroxyl groups is 1. The smallest absolute Gasteiger partial charge is 0.117 e. The Morgan fingerprint density at radius 1 is 1.46 bits per heavy atom. The van der Waals surface area contributed by atoms with Crippen LogP contribution in [-0.4, -0.2) is 52.2 Å². The second-order valence-electron chi connectivity index (χ2n) is 6.77. The molecule has 6 heteroatoms. The first-order valence-corrected chi connectivity index (χ1v) is 8.61. The molecule has 0 saturated carbocycles. The van der Waals surface area contributed by atoms with Crippen LogP contribution in [0.15, 0.2) is 28.9 Å². The van der Waals surface area contributed by atoms with Crippen LogP contribution in [-0.2, 0) is 17.8 Å². The van der Waals surface area contributed by atoms with Crippen molar-refractivity contribution in [1.29, 1.82) is 0 Å². The molecule has 6 nitrogen and oxygen atoms in total. The van der Waals surface area contributed by atoms with Crippen LogP contribution in [0, 0.1) is 19.8 Å². The van der Waals surface area contributed by atoms with Crippen LogP contribution >= 0.6 is 0 Å². The molecule has 1 fully saturated rings. The van der Waals surface area contributed by atoms with Crippen molar-refractivity contribution in [3.8, 4) is 0 Å². The van der Waals surface area contributed by atoms with Crippen LogP contribution in [0.4, 0.5) is 0 Å². The van der Waals surface area contributed by atoms with Gasteiger partial charge in [-0.3, -0.25) is 9.58 Å². The minimum Gasteiger partial charge on any atom is -0.468 e. The molecule has 0 radical (unpaired) electrons. The zero-order valence-corrected chi connectivity index (χ0v) is 14.5. The number of rotatable bonds is 8. The van der Waals surface area contributed by atoms with Crippen molar-refractivity contribution >= 4 is 0 Å².